The van der Waals surface area contributed by atoms with Gasteiger partial charge in [0.15, 0.2) is 5.60 Å². The Bertz CT molecular complexity index is 2470. The van der Waals surface area contributed by atoms with Gasteiger partial charge in [-0.3, -0.25) is 10.4 Å². The van der Waals surface area contributed by atoms with Crippen molar-refractivity contribution in [1.29, 1.82) is 0 Å². The molecule has 9 rings (SSSR count). The van der Waals surface area contributed by atoms with Gasteiger partial charge in [0.25, 0.3) is 0 Å². The first-order chi connectivity index (χ1) is 26.0. The summed E-state index contributed by atoms with van der Waals surface area (Å²) >= 11 is 0. The minimum Gasteiger partial charge on any atom is -0.456 e. The van der Waals surface area contributed by atoms with E-state index in [1.54, 1.807) is 0 Å². The van der Waals surface area contributed by atoms with Gasteiger partial charge in [-0.05, 0) is 71.6 Å². The molecule has 7 aromatic carbocycles. The highest BCUT2D eigenvalue weighted by molar-refractivity contribution is 5.98. The molecule has 0 amide bonds. The maximum atomic E-state index is 13.4. The first-order valence-corrected chi connectivity index (χ1v) is 17.9. The van der Waals surface area contributed by atoms with Crippen LogP contribution in [0.3, 0.4) is 0 Å². The number of nitrogens with one attached hydrogen (secondary N) is 2. The smallest absolute Gasteiger partial charge is 0.340 e. The molecule has 6 nitrogen and oxygen atoms in total. The second-order valence-corrected chi connectivity index (χ2v) is 13.6. The van der Waals surface area contributed by atoms with E-state index in [1.165, 1.54) is 5.56 Å². The van der Waals surface area contributed by atoms with E-state index in [4.69, 9.17) is 9.47 Å². The van der Waals surface area contributed by atoms with Gasteiger partial charge in [-0.2, -0.15) is 0 Å². The van der Waals surface area contributed by atoms with Gasteiger partial charge in [-0.25, -0.2) is 4.79 Å². The summed E-state index contributed by atoms with van der Waals surface area (Å²) in [6.45, 7) is 4.45. The second kappa shape index (κ2) is 13.1. The molecule has 0 bridgehead atoms. The fourth-order valence-corrected chi connectivity index (χ4v) is 7.63. The zero-order valence-electron chi connectivity index (χ0n) is 29.4. The van der Waals surface area contributed by atoms with E-state index < -0.39 is 5.60 Å². The minimum absolute atomic E-state index is 0.249. The number of rotatable bonds is 8. The van der Waals surface area contributed by atoms with Gasteiger partial charge in [0.1, 0.15) is 11.5 Å². The van der Waals surface area contributed by atoms with Crippen LogP contribution in [0.1, 0.15) is 52.4 Å². The van der Waals surface area contributed by atoms with E-state index in [0.717, 1.165) is 56.3 Å². The molecule has 2 aliphatic rings. The summed E-state index contributed by atoms with van der Waals surface area (Å²) < 4.78 is 13.1. The lowest BCUT2D eigenvalue weighted by Gasteiger charge is -2.37. The molecular weight excluding hydrogens is 655 g/mol. The molecule has 2 aliphatic heterocycles. The predicted octanol–water partition coefficient (Wildman–Crippen LogP) is 12.0. The lowest BCUT2D eigenvalue weighted by Crippen LogP contribution is -2.33. The minimum atomic E-state index is -1.14. The lowest BCUT2D eigenvalue weighted by atomic mass is 9.77. The van der Waals surface area contributed by atoms with Gasteiger partial charge in [0.2, 0.25) is 0 Å². The monoisotopic (exact) mass is 691 g/mol. The number of hydrazine groups is 1. The van der Waals surface area contributed by atoms with Crippen molar-refractivity contribution < 1.29 is 14.3 Å². The maximum Gasteiger partial charge on any atom is 0.340 e. The summed E-state index contributed by atoms with van der Waals surface area (Å²) in [6.07, 6.45) is 0. The Labute approximate surface area is 309 Å². The summed E-state index contributed by atoms with van der Waals surface area (Å²) in [5, 5.41) is 5.93. The molecule has 0 fully saturated rings. The molecule has 53 heavy (non-hydrogen) atoms. The van der Waals surface area contributed by atoms with Crippen molar-refractivity contribution in [2.24, 2.45) is 0 Å². The highest BCUT2D eigenvalue weighted by Crippen LogP contribution is 2.57. The van der Waals surface area contributed by atoms with Crippen molar-refractivity contribution in [2.75, 3.05) is 15.8 Å². The van der Waals surface area contributed by atoms with E-state index in [9.17, 15) is 4.79 Å². The van der Waals surface area contributed by atoms with Crippen LogP contribution < -0.4 is 20.5 Å². The normalized spacial score (nSPS) is 15.2. The number of para-hydroxylation sites is 3. The highest BCUT2D eigenvalue weighted by Gasteiger charge is 2.53. The van der Waals surface area contributed by atoms with Crippen molar-refractivity contribution in [3.05, 3.63) is 198 Å². The highest BCUT2D eigenvalue weighted by atomic mass is 16.6. The quantitative estimate of drug-likeness (QED) is 0.122. The SMILES string of the molecule is CC(C)c1ccc(N(Nc2ccccc2)c2ccc3c(c2)Oc2ccccc2C32OC(=O)c3ccccc32)c(-c2ccccc2)c1Nc1ccccc1. The van der Waals surface area contributed by atoms with Gasteiger partial charge in [-0.1, -0.05) is 123 Å². The number of hydrogen-bond donors (Lipinski definition) is 2. The molecule has 1 unspecified atom stereocenters. The number of ether oxygens (including phenoxy) is 2. The molecule has 7 aromatic rings. The van der Waals surface area contributed by atoms with Gasteiger partial charge < -0.3 is 14.8 Å². The standard InChI is InChI=1S/C47H37N3O3/c1-31(2)36-27-29-41(44(32-16-6-3-7-17-32)45(36)48-33-18-8-4-9-19-33)50(49-34-20-10-5-11-21-34)35-26-28-40-43(30-35)52-42-25-15-14-24-39(42)47(40)38-23-13-12-22-37(38)46(51)53-47/h3-31,48-49H,1-2H3. The zero-order chi connectivity index (χ0) is 35.9. The van der Waals surface area contributed by atoms with Crippen LogP contribution in [-0.4, -0.2) is 5.97 Å². The summed E-state index contributed by atoms with van der Waals surface area (Å²) in [7, 11) is 0. The van der Waals surface area contributed by atoms with Crippen LogP contribution in [0, 0.1) is 0 Å². The van der Waals surface area contributed by atoms with Crippen LogP contribution in [-0.2, 0) is 10.3 Å². The fourth-order valence-electron chi connectivity index (χ4n) is 7.63. The van der Waals surface area contributed by atoms with Crippen LogP contribution in [0.4, 0.5) is 28.4 Å². The molecule has 1 spiro atoms. The average Bonchev–Trinajstić information content (AvgIpc) is 3.49. The number of anilines is 5. The molecule has 2 N–H and O–H groups in total. The Morgan fingerprint density at radius 3 is 1.96 bits per heavy atom. The van der Waals surface area contributed by atoms with E-state index in [-0.39, 0.29) is 11.9 Å². The third-order valence-electron chi connectivity index (χ3n) is 10.1. The number of carbonyl (C=O) groups is 1. The van der Waals surface area contributed by atoms with Crippen molar-refractivity contribution in [1.82, 2.24) is 0 Å². The van der Waals surface area contributed by atoms with E-state index >= 15 is 0 Å². The number of carbonyl (C=O) groups excluding carboxylic acids is 1. The van der Waals surface area contributed by atoms with Crippen molar-refractivity contribution in [3.63, 3.8) is 0 Å². The van der Waals surface area contributed by atoms with Crippen molar-refractivity contribution in [3.8, 4) is 22.6 Å². The van der Waals surface area contributed by atoms with Gasteiger partial charge in [0, 0.05) is 34.0 Å². The molecule has 1 atom stereocenters. The summed E-state index contributed by atoms with van der Waals surface area (Å²) in [5.41, 5.74) is 13.6. The first kappa shape index (κ1) is 32.1. The maximum absolute atomic E-state index is 13.4. The van der Waals surface area contributed by atoms with E-state index in [0.29, 0.717) is 17.1 Å². The Morgan fingerprint density at radius 1 is 0.604 bits per heavy atom. The lowest BCUT2D eigenvalue weighted by molar-refractivity contribution is 0.0224. The third-order valence-corrected chi connectivity index (χ3v) is 10.1. The molecule has 0 saturated carbocycles. The van der Waals surface area contributed by atoms with Crippen LogP contribution >= 0.6 is 0 Å². The van der Waals surface area contributed by atoms with E-state index in [1.807, 2.05) is 103 Å². The molecule has 0 saturated heterocycles. The van der Waals surface area contributed by atoms with Crippen molar-refractivity contribution >= 4 is 34.4 Å². The van der Waals surface area contributed by atoms with Crippen LogP contribution in [0.2, 0.25) is 0 Å². The molecule has 0 radical (unpaired) electrons. The van der Waals surface area contributed by atoms with Gasteiger partial charge in [0.05, 0.1) is 28.3 Å². The van der Waals surface area contributed by atoms with Crippen LogP contribution in [0.15, 0.2) is 170 Å². The van der Waals surface area contributed by atoms with E-state index in [2.05, 4.69) is 96.3 Å². The molecule has 6 heteroatoms. The first-order valence-electron chi connectivity index (χ1n) is 17.9. The molecule has 0 aliphatic carbocycles. The number of nitrogens with zero attached hydrogens (tertiary/aromatic N) is 1. The van der Waals surface area contributed by atoms with Gasteiger partial charge >= 0.3 is 5.97 Å². The van der Waals surface area contributed by atoms with Crippen LogP contribution in [0.5, 0.6) is 11.5 Å². The third kappa shape index (κ3) is 5.47. The Hall–Kier alpha value is -6.79. The molecule has 258 valence electrons. The van der Waals surface area contributed by atoms with Gasteiger partial charge in [-0.15, -0.1) is 0 Å². The molecule has 0 aromatic heterocycles. The molecule has 2 heterocycles. The average molecular weight is 692 g/mol. The predicted molar refractivity (Wildman–Crippen MR) is 213 cm³/mol. The Morgan fingerprint density at radius 2 is 1.23 bits per heavy atom. The summed E-state index contributed by atoms with van der Waals surface area (Å²) in [4.78, 5) is 13.4. The Balaban J connectivity index is 1.27. The largest absolute Gasteiger partial charge is 0.456 e. The Kier molecular flexibility index (Phi) is 7.93. The summed E-state index contributed by atoms with van der Waals surface area (Å²) in [6, 6.07) is 56.9. The number of benzene rings is 7. The van der Waals surface area contributed by atoms with Crippen LogP contribution in [0.25, 0.3) is 11.1 Å². The summed E-state index contributed by atoms with van der Waals surface area (Å²) in [5.74, 6) is 1.15. The second-order valence-electron chi connectivity index (χ2n) is 13.6. The fraction of sp³-hybridized carbons (Fsp3) is 0.0851. The molecular formula is C47H37N3O3. The zero-order valence-corrected chi connectivity index (χ0v) is 29.4. The number of esters is 1. The van der Waals surface area contributed by atoms with Crippen molar-refractivity contribution in [2.45, 2.75) is 25.4 Å². The topological polar surface area (TPSA) is 62.8 Å². The number of fused-ring (bicyclic) bond motifs is 6. The number of hydrogen-bond acceptors (Lipinski definition) is 6.